The Kier molecular flexibility index (Phi) is 10.1. The second-order valence-corrected chi connectivity index (χ2v) is 9.86. The van der Waals surface area contributed by atoms with Crippen LogP contribution >= 0.6 is 0 Å². The minimum absolute atomic E-state index is 0.0955. The molecule has 3 aromatic rings. The number of ether oxygens (including phenoxy) is 1. The number of nitrogens with one attached hydrogen (secondary N) is 1. The fourth-order valence-electron chi connectivity index (χ4n) is 4.54. The molecule has 0 aliphatic carbocycles. The van der Waals surface area contributed by atoms with Crippen LogP contribution in [0.4, 0.5) is 14.9 Å². The van der Waals surface area contributed by atoms with Gasteiger partial charge in [-0.2, -0.15) is 0 Å². The summed E-state index contributed by atoms with van der Waals surface area (Å²) < 4.78 is 24.4. The number of nitrogens with zero attached hydrogens (tertiary/aromatic N) is 3. The zero-order valence-electron chi connectivity index (χ0n) is 22.7. The molecule has 1 saturated heterocycles. The summed E-state index contributed by atoms with van der Waals surface area (Å²) in [7, 11) is 0. The summed E-state index contributed by atoms with van der Waals surface area (Å²) >= 11 is 0. The van der Waals surface area contributed by atoms with E-state index in [2.05, 4.69) is 10.2 Å². The second-order valence-electron chi connectivity index (χ2n) is 9.86. The van der Waals surface area contributed by atoms with Crippen molar-refractivity contribution < 1.29 is 23.1 Å². The fraction of sp³-hybridized carbons (Fsp3) is 0.400. The van der Waals surface area contributed by atoms with Crippen molar-refractivity contribution >= 4 is 17.6 Å². The van der Waals surface area contributed by atoms with Crippen molar-refractivity contribution in [1.29, 1.82) is 0 Å². The lowest BCUT2D eigenvalue weighted by Gasteiger charge is -2.30. The monoisotopic (exact) mass is 536 g/mol. The standard InChI is InChI=1S/C30H37FN4O4/c1-23-6-3-8-28(24(23)2)32-30(37)34(14-5-13-33-15-18-38-19-16-33)22-29(36)35(21-27-7-4-17-39-27)20-25-9-11-26(31)12-10-25/h3-4,6-12,17H,5,13-16,18-22H2,1-2H3,(H,32,37). The minimum atomic E-state index is -0.336. The van der Waals surface area contributed by atoms with E-state index in [0.29, 0.717) is 25.5 Å². The van der Waals surface area contributed by atoms with Gasteiger partial charge in [-0.25, -0.2) is 9.18 Å². The number of halogens is 1. The van der Waals surface area contributed by atoms with Crippen LogP contribution < -0.4 is 5.32 Å². The van der Waals surface area contributed by atoms with Crippen molar-refractivity contribution in [2.24, 2.45) is 0 Å². The molecular formula is C30H37FN4O4. The summed E-state index contributed by atoms with van der Waals surface area (Å²) in [6, 6.07) is 15.1. The Hall–Kier alpha value is -3.69. The summed E-state index contributed by atoms with van der Waals surface area (Å²) in [5.41, 5.74) is 3.58. The molecule has 1 N–H and O–H groups in total. The number of anilines is 1. The van der Waals surface area contributed by atoms with Gasteiger partial charge in [0.15, 0.2) is 0 Å². The maximum atomic E-state index is 13.7. The first-order valence-electron chi connectivity index (χ1n) is 13.4. The number of hydrogen-bond donors (Lipinski definition) is 1. The largest absolute Gasteiger partial charge is 0.467 e. The van der Waals surface area contributed by atoms with Crippen LogP contribution in [0.1, 0.15) is 28.9 Å². The Morgan fingerprint density at radius 1 is 0.974 bits per heavy atom. The number of furan rings is 1. The molecule has 0 bridgehead atoms. The van der Waals surface area contributed by atoms with Gasteiger partial charge in [-0.15, -0.1) is 0 Å². The Morgan fingerprint density at radius 2 is 1.74 bits per heavy atom. The average molecular weight is 537 g/mol. The summed E-state index contributed by atoms with van der Waals surface area (Å²) in [6.07, 6.45) is 2.29. The SMILES string of the molecule is Cc1cccc(NC(=O)N(CCCN2CCOCC2)CC(=O)N(Cc2ccc(F)cc2)Cc2ccco2)c1C. The van der Waals surface area contributed by atoms with E-state index < -0.39 is 0 Å². The normalized spacial score (nSPS) is 13.7. The molecule has 39 heavy (non-hydrogen) atoms. The van der Waals surface area contributed by atoms with Crippen LogP contribution in [0.5, 0.6) is 0 Å². The minimum Gasteiger partial charge on any atom is -0.467 e. The molecule has 9 heteroatoms. The van der Waals surface area contributed by atoms with Crippen molar-refractivity contribution in [1.82, 2.24) is 14.7 Å². The van der Waals surface area contributed by atoms with Gasteiger partial charge in [0.05, 0.1) is 26.0 Å². The predicted molar refractivity (Wildman–Crippen MR) is 148 cm³/mol. The number of hydrogen-bond acceptors (Lipinski definition) is 5. The number of carbonyl (C=O) groups is 2. The van der Waals surface area contributed by atoms with Crippen LogP contribution in [0.15, 0.2) is 65.3 Å². The number of benzene rings is 2. The first-order valence-corrected chi connectivity index (χ1v) is 13.4. The average Bonchev–Trinajstić information content (AvgIpc) is 3.45. The molecule has 0 atom stereocenters. The summed E-state index contributed by atoms with van der Waals surface area (Å²) in [5, 5.41) is 3.01. The van der Waals surface area contributed by atoms with E-state index in [0.717, 1.165) is 48.4 Å². The Bertz CT molecular complexity index is 1210. The quantitative estimate of drug-likeness (QED) is 0.380. The molecule has 0 radical (unpaired) electrons. The van der Waals surface area contributed by atoms with Crippen LogP contribution in [0.2, 0.25) is 0 Å². The molecule has 1 fully saturated rings. The molecule has 8 nitrogen and oxygen atoms in total. The first kappa shape index (κ1) is 28.3. The molecular weight excluding hydrogens is 499 g/mol. The number of urea groups is 1. The maximum Gasteiger partial charge on any atom is 0.322 e. The van der Waals surface area contributed by atoms with Gasteiger partial charge in [0, 0.05) is 38.4 Å². The molecule has 1 aliphatic rings. The van der Waals surface area contributed by atoms with E-state index in [9.17, 15) is 14.0 Å². The van der Waals surface area contributed by atoms with Gasteiger partial charge in [0.2, 0.25) is 5.91 Å². The van der Waals surface area contributed by atoms with E-state index in [1.54, 1.807) is 40.3 Å². The Balaban J connectivity index is 1.48. The summed E-state index contributed by atoms with van der Waals surface area (Å²) in [6.45, 7) is 8.75. The lowest BCUT2D eigenvalue weighted by Crippen LogP contribution is -2.45. The maximum absolute atomic E-state index is 13.7. The third kappa shape index (κ3) is 8.40. The number of aryl methyl sites for hydroxylation is 1. The van der Waals surface area contributed by atoms with Gasteiger partial charge in [-0.3, -0.25) is 9.69 Å². The van der Waals surface area contributed by atoms with Crippen LogP contribution in [-0.2, 0) is 22.6 Å². The van der Waals surface area contributed by atoms with Crippen LogP contribution in [0.3, 0.4) is 0 Å². The molecule has 1 aromatic heterocycles. The topological polar surface area (TPSA) is 78.3 Å². The Morgan fingerprint density at radius 3 is 2.46 bits per heavy atom. The van der Waals surface area contributed by atoms with E-state index in [1.807, 2.05) is 32.0 Å². The van der Waals surface area contributed by atoms with E-state index in [4.69, 9.17) is 9.15 Å². The third-order valence-electron chi connectivity index (χ3n) is 7.03. The molecule has 4 rings (SSSR count). The number of amides is 3. The predicted octanol–water partition coefficient (Wildman–Crippen LogP) is 4.82. The van der Waals surface area contributed by atoms with Crippen LogP contribution in [0, 0.1) is 19.7 Å². The highest BCUT2D eigenvalue weighted by molar-refractivity contribution is 5.93. The molecule has 2 heterocycles. The smallest absolute Gasteiger partial charge is 0.322 e. The van der Waals surface area contributed by atoms with Gasteiger partial charge in [-0.1, -0.05) is 24.3 Å². The summed E-state index contributed by atoms with van der Waals surface area (Å²) in [4.78, 5) is 32.6. The molecule has 3 amide bonds. The van der Waals surface area contributed by atoms with Crippen molar-refractivity contribution in [3.63, 3.8) is 0 Å². The highest BCUT2D eigenvalue weighted by Crippen LogP contribution is 2.19. The zero-order valence-corrected chi connectivity index (χ0v) is 22.7. The lowest BCUT2D eigenvalue weighted by molar-refractivity contribution is -0.133. The first-order chi connectivity index (χ1) is 18.9. The van der Waals surface area contributed by atoms with Crippen molar-refractivity contribution in [3.8, 4) is 0 Å². The second kappa shape index (κ2) is 13.9. The third-order valence-corrected chi connectivity index (χ3v) is 7.03. The van der Waals surface area contributed by atoms with E-state index in [1.165, 1.54) is 12.1 Å². The van der Waals surface area contributed by atoms with Crippen molar-refractivity contribution in [2.45, 2.75) is 33.4 Å². The van der Waals surface area contributed by atoms with Crippen molar-refractivity contribution in [2.75, 3.05) is 51.3 Å². The van der Waals surface area contributed by atoms with Gasteiger partial charge in [0.25, 0.3) is 0 Å². The summed E-state index contributed by atoms with van der Waals surface area (Å²) in [5.74, 6) is 0.0691. The zero-order chi connectivity index (χ0) is 27.6. The molecule has 1 aliphatic heterocycles. The molecule has 0 unspecified atom stereocenters. The van der Waals surface area contributed by atoms with Gasteiger partial charge in [0.1, 0.15) is 18.1 Å². The molecule has 2 aromatic carbocycles. The number of carbonyl (C=O) groups excluding carboxylic acids is 2. The van der Waals surface area contributed by atoms with Crippen LogP contribution in [-0.4, -0.2) is 72.6 Å². The van der Waals surface area contributed by atoms with Gasteiger partial charge >= 0.3 is 6.03 Å². The highest BCUT2D eigenvalue weighted by atomic mass is 19.1. The van der Waals surface area contributed by atoms with Crippen molar-refractivity contribution in [3.05, 3.63) is 89.1 Å². The van der Waals surface area contributed by atoms with Gasteiger partial charge in [-0.05, 0) is 67.3 Å². The van der Waals surface area contributed by atoms with Crippen LogP contribution in [0.25, 0.3) is 0 Å². The van der Waals surface area contributed by atoms with E-state index >= 15 is 0 Å². The number of rotatable bonds is 11. The molecule has 0 saturated carbocycles. The lowest BCUT2D eigenvalue weighted by atomic mass is 10.1. The highest BCUT2D eigenvalue weighted by Gasteiger charge is 2.23. The molecule has 208 valence electrons. The fourth-order valence-corrected chi connectivity index (χ4v) is 4.54. The molecule has 0 spiro atoms. The Labute approximate surface area is 229 Å². The number of morpholine rings is 1. The van der Waals surface area contributed by atoms with E-state index in [-0.39, 0.29) is 37.4 Å². The van der Waals surface area contributed by atoms with Gasteiger partial charge < -0.3 is 24.3 Å².